The molecule has 2 aliphatic heterocycles. The van der Waals surface area contributed by atoms with Gasteiger partial charge in [-0.05, 0) is 12.8 Å². The fourth-order valence-electron chi connectivity index (χ4n) is 3.90. The third kappa shape index (κ3) is 2.33. The van der Waals surface area contributed by atoms with E-state index in [0.29, 0.717) is 0 Å². The Labute approximate surface area is 126 Å². The van der Waals surface area contributed by atoms with Crippen LogP contribution in [0.1, 0.15) is 52.4 Å². The van der Waals surface area contributed by atoms with Crippen molar-refractivity contribution in [1.82, 2.24) is 4.90 Å². The summed E-state index contributed by atoms with van der Waals surface area (Å²) in [5.41, 5.74) is -1.71. The lowest BCUT2D eigenvalue weighted by Gasteiger charge is -2.50. The van der Waals surface area contributed by atoms with Gasteiger partial charge in [0.25, 0.3) is 0 Å². The predicted molar refractivity (Wildman–Crippen MR) is 75.8 cm³/mol. The van der Waals surface area contributed by atoms with Gasteiger partial charge in [0.05, 0.1) is 25.5 Å². The molecule has 0 spiro atoms. The minimum atomic E-state index is -1.25. The number of unbranched alkanes of at least 4 members (excludes halogenated alkanes) is 2. The summed E-state index contributed by atoms with van der Waals surface area (Å²) in [5, 5.41) is 31.6. The number of rotatable bonds is 9. The zero-order valence-electron chi connectivity index (χ0n) is 13.1. The Hall–Kier alpha value is -0.240. The second-order valence-electron chi connectivity index (χ2n) is 6.20. The molecule has 0 aromatic rings. The summed E-state index contributed by atoms with van der Waals surface area (Å²) in [4.78, 5) is 1.78. The van der Waals surface area contributed by atoms with Gasteiger partial charge in [-0.1, -0.05) is 39.5 Å². The first-order chi connectivity index (χ1) is 10.1. The Balaban J connectivity index is 2.41. The highest BCUT2D eigenvalue weighted by Crippen LogP contribution is 2.56. The molecular formula is C15H28NO5. The van der Waals surface area contributed by atoms with E-state index in [4.69, 9.17) is 9.47 Å². The number of ether oxygens (including phenoxy) is 2. The van der Waals surface area contributed by atoms with Crippen molar-refractivity contribution in [2.24, 2.45) is 0 Å². The lowest BCUT2D eigenvalue weighted by molar-refractivity contribution is -0.237. The SMILES string of the molecule is CCCCC1(CCCC)N(CO)C2(CO)COC1(C[O])O2. The van der Waals surface area contributed by atoms with Crippen molar-refractivity contribution in [2.45, 2.75) is 69.4 Å². The fourth-order valence-corrected chi connectivity index (χ4v) is 3.90. The lowest BCUT2D eigenvalue weighted by Crippen LogP contribution is -2.67. The maximum absolute atomic E-state index is 11.9. The van der Waals surface area contributed by atoms with Crippen LogP contribution in [0.15, 0.2) is 0 Å². The van der Waals surface area contributed by atoms with E-state index in [1.54, 1.807) is 4.90 Å². The van der Waals surface area contributed by atoms with Crippen molar-refractivity contribution in [3.8, 4) is 0 Å². The average Bonchev–Trinajstić information content (AvgIpc) is 3.02. The number of hydrogen-bond acceptors (Lipinski definition) is 5. The molecule has 2 rings (SSSR count). The van der Waals surface area contributed by atoms with Crippen molar-refractivity contribution in [3.05, 3.63) is 0 Å². The normalized spacial score (nSPS) is 34.7. The van der Waals surface area contributed by atoms with E-state index in [-0.39, 0.29) is 19.9 Å². The largest absolute Gasteiger partial charge is 0.392 e. The van der Waals surface area contributed by atoms with Crippen molar-refractivity contribution >= 4 is 0 Å². The molecule has 21 heavy (non-hydrogen) atoms. The summed E-state index contributed by atoms with van der Waals surface area (Å²) < 4.78 is 11.7. The Bertz CT molecular complexity index is 345. The molecule has 0 aromatic carbocycles. The molecule has 1 radical (unpaired) electrons. The summed E-state index contributed by atoms with van der Waals surface area (Å²) in [6.45, 7) is 3.29. The van der Waals surface area contributed by atoms with Crippen LogP contribution in [-0.4, -0.2) is 58.7 Å². The number of aliphatic hydroxyl groups is 2. The van der Waals surface area contributed by atoms with Gasteiger partial charge in [-0.15, -0.1) is 0 Å². The number of aliphatic hydroxyl groups excluding tert-OH is 2. The van der Waals surface area contributed by atoms with E-state index in [1.165, 1.54) is 0 Å². The minimum absolute atomic E-state index is 0.131. The van der Waals surface area contributed by atoms with Crippen LogP contribution in [0.25, 0.3) is 0 Å². The maximum atomic E-state index is 11.9. The first kappa shape index (κ1) is 17.1. The van der Waals surface area contributed by atoms with Crippen molar-refractivity contribution in [1.29, 1.82) is 0 Å². The standard InChI is InChI=1S/C15H28NO5/c1-3-5-7-13(8-6-4-2)15(10-18)20-11-14(9-17,21-15)16(13)12-19/h17,19H,3-12H2,1-2H3. The van der Waals surface area contributed by atoms with Crippen LogP contribution < -0.4 is 0 Å². The summed E-state index contributed by atoms with van der Waals surface area (Å²) >= 11 is 0. The zero-order valence-corrected chi connectivity index (χ0v) is 13.1. The molecule has 0 aliphatic carbocycles. The van der Waals surface area contributed by atoms with Crippen LogP contribution in [0.5, 0.6) is 0 Å². The molecule has 6 heteroatoms. The molecule has 0 saturated carbocycles. The van der Waals surface area contributed by atoms with E-state index in [0.717, 1.165) is 38.5 Å². The average molecular weight is 302 g/mol. The van der Waals surface area contributed by atoms with E-state index in [1.807, 2.05) is 0 Å². The number of hydrogen-bond donors (Lipinski definition) is 2. The predicted octanol–water partition coefficient (Wildman–Crippen LogP) is 1.23. The molecule has 2 fully saturated rings. The van der Waals surface area contributed by atoms with E-state index in [2.05, 4.69) is 13.8 Å². The van der Waals surface area contributed by atoms with Crippen molar-refractivity contribution in [3.63, 3.8) is 0 Å². The molecular weight excluding hydrogens is 274 g/mol. The molecule has 0 amide bonds. The smallest absolute Gasteiger partial charge is 0.216 e. The molecule has 123 valence electrons. The molecule has 2 heterocycles. The highest BCUT2D eigenvalue weighted by atomic mass is 16.8. The number of morpholine rings is 1. The number of nitrogens with zero attached hydrogens (tertiary/aromatic N) is 1. The Morgan fingerprint density at radius 3 is 2.19 bits per heavy atom. The monoisotopic (exact) mass is 302 g/mol. The molecule has 0 aromatic heterocycles. The van der Waals surface area contributed by atoms with Crippen molar-refractivity contribution in [2.75, 3.05) is 26.6 Å². The highest BCUT2D eigenvalue weighted by Gasteiger charge is 2.74. The van der Waals surface area contributed by atoms with Crippen LogP contribution >= 0.6 is 0 Å². The Morgan fingerprint density at radius 1 is 1.14 bits per heavy atom. The van der Waals surface area contributed by atoms with Crippen LogP contribution in [-0.2, 0) is 14.6 Å². The molecule has 2 aliphatic rings. The Morgan fingerprint density at radius 2 is 1.76 bits per heavy atom. The van der Waals surface area contributed by atoms with Gasteiger partial charge in [-0.25, -0.2) is 10.0 Å². The molecule has 2 unspecified atom stereocenters. The van der Waals surface area contributed by atoms with Gasteiger partial charge in [0.2, 0.25) is 5.79 Å². The van der Waals surface area contributed by atoms with Gasteiger partial charge in [0.1, 0.15) is 6.61 Å². The van der Waals surface area contributed by atoms with Crippen LogP contribution in [0, 0.1) is 0 Å². The van der Waals surface area contributed by atoms with E-state index < -0.39 is 23.7 Å². The summed E-state index contributed by atoms with van der Waals surface area (Å²) in [6.07, 6.45) is 5.30. The van der Waals surface area contributed by atoms with Crippen molar-refractivity contribution < 1.29 is 24.8 Å². The second kappa shape index (κ2) is 6.48. The molecule has 6 nitrogen and oxygen atoms in total. The summed E-state index contributed by atoms with van der Waals surface area (Å²) in [5.74, 6) is -1.25. The molecule has 2 N–H and O–H groups in total. The van der Waals surface area contributed by atoms with Gasteiger partial charge in [-0.3, -0.25) is 0 Å². The Kier molecular flexibility index (Phi) is 5.28. The molecule has 2 bridgehead atoms. The van der Waals surface area contributed by atoms with E-state index >= 15 is 0 Å². The van der Waals surface area contributed by atoms with Gasteiger partial charge < -0.3 is 19.7 Å². The third-order valence-electron chi connectivity index (χ3n) is 5.07. The minimum Gasteiger partial charge on any atom is -0.392 e. The zero-order chi connectivity index (χ0) is 15.6. The second-order valence-corrected chi connectivity index (χ2v) is 6.20. The van der Waals surface area contributed by atoms with Gasteiger partial charge >= 0.3 is 0 Å². The van der Waals surface area contributed by atoms with Crippen LogP contribution in [0.3, 0.4) is 0 Å². The quantitative estimate of drug-likeness (QED) is 0.669. The first-order valence-electron chi connectivity index (χ1n) is 8.02. The molecule has 2 atom stereocenters. The maximum Gasteiger partial charge on any atom is 0.216 e. The lowest BCUT2D eigenvalue weighted by atomic mass is 9.77. The number of fused-ring (bicyclic) bond motifs is 2. The molecule has 2 saturated heterocycles. The van der Waals surface area contributed by atoms with Gasteiger partial charge in [0, 0.05) is 0 Å². The third-order valence-corrected chi connectivity index (χ3v) is 5.07. The summed E-state index contributed by atoms with van der Waals surface area (Å²) in [6, 6.07) is 0. The highest BCUT2D eigenvalue weighted by molar-refractivity contribution is 5.16. The summed E-state index contributed by atoms with van der Waals surface area (Å²) in [7, 11) is 0. The van der Waals surface area contributed by atoms with E-state index in [9.17, 15) is 15.3 Å². The first-order valence-corrected chi connectivity index (χ1v) is 8.02. The van der Waals surface area contributed by atoms with Crippen LogP contribution in [0.4, 0.5) is 0 Å². The van der Waals surface area contributed by atoms with Gasteiger partial charge in [-0.2, -0.15) is 0 Å². The van der Waals surface area contributed by atoms with Crippen LogP contribution in [0.2, 0.25) is 0 Å². The van der Waals surface area contributed by atoms with Gasteiger partial charge in [0.15, 0.2) is 5.72 Å². The topological polar surface area (TPSA) is 82.1 Å². The fraction of sp³-hybridized carbons (Fsp3) is 1.00.